The first kappa shape index (κ1) is 14.4. The summed E-state index contributed by atoms with van der Waals surface area (Å²) in [4.78, 5) is 5.06. The highest BCUT2D eigenvalue weighted by Gasteiger charge is 2.25. The van der Waals surface area contributed by atoms with Gasteiger partial charge in [-0.2, -0.15) is 0 Å². The number of anilines is 1. The minimum atomic E-state index is 0.617. The number of aryl methyl sites for hydroxylation is 2. The van der Waals surface area contributed by atoms with Crippen molar-refractivity contribution < 1.29 is 0 Å². The van der Waals surface area contributed by atoms with Crippen LogP contribution in [-0.2, 0) is 0 Å². The minimum Gasteiger partial charge on any atom is -0.366 e. The third kappa shape index (κ3) is 3.48. The summed E-state index contributed by atoms with van der Waals surface area (Å²) in [6, 6.07) is 7.41. The van der Waals surface area contributed by atoms with Gasteiger partial charge in [-0.05, 0) is 58.1 Å². The molecule has 1 aliphatic rings. The van der Waals surface area contributed by atoms with Gasteiger partial charge in [-0.15, -0.1) is 0 Å². The van der Waals surface area contributed by atoms with Crippen LogP contribution >= 0.6 is 0 Å². The van der Waals surface area contributed by atoms with Gasteiger partial charge >= 0.3 is 0 Å². The second-order valence-corrected chi connectivity index (χ2v) is 5.79. The van der Waals surface area contributed by atoms with E-state index < -0.39 is 0 Å². The quantitative estimate of drug-likeness (QED) is 0.895. The second kappa shape index (κ2) is 6.40. The third-order valence-electron chi connectivity index (χ3n) is 4.09. The van der Waals surface area contributed by atoms with Gasteiger partial charge in [0.1, 0.15) is 0 Å². The molecular weight excluding hydrogens is 234 g/mol. The topological polar surface area (TPSA) is 18.5 Å². The maximum Gasteiger partial charge on any atom is 0.0429 e. The van der Waals surface area contributed by atoms with Gasteiger partial charge in [-0.25, -0.2) is 0 Å². The molecule has 1 aromatic carbocycles. The van der Waals surface area contributed by atoms with Gasteiger partial charge in [0.15, 0.2) is 0 Å². The fraction of sp³-hybridized carbons (Fsp3) is 0.625. The van der Waals surface area contributed by atoms with Crippen molar-refractivity contribution in [2.75, 3.05) is 45.2 Å². The van der Waals surface area contributed by atoms with Gasteiger partial charge in [0.25, 0.3) is 0 Å². The summed E-state index contributed by atoms with van der Waals surface area (Å²) in [5.41, 5.74) is 4.17. The Labute approximate surface area is 117 Å². The average molecular weight is 261 g/mol. The molecule has 0 aromatic heterocycles. The van der Waals surface area contributed by atoms with Crippen molar-refractivity contribution >= 4 is 5.69 Å². The zero-order valence-corrected chi connectivity index (χ0v) is 12.7. The van der Waals surface area contributed by atoms with Gasteiger partial charge in [-0.3, -0.25) is 0 Å². The van der Waals surface area contributed by atoms with Crippen molar-refractivity contribution in [1.29, 1.82) is 0 Å². The molecule has 0 spiro atoms. The normalized spacial score (nSPS) is 20.8. The first-order chi connectivity index (χ1) is 9.11. The van der Waals surface area contributed by atoms with E-state index in [0.717, 1.165) is 26.2 Å². The lowest BCUT2D eigenvalue weighted by molar-refractivity contribution is 0.260. The molecule has 0 saturated carbocycles. The van der Waals surface area contributed by atoms with Gasteiger partial charge in [0, 0.05) is 31.4 Å². The molecule has 1 N–H and O–H groups in total. The average Bonchev–Trinajstić information content (AvgIpc) is 2.39. The molecule has 2 rings (SSSR count). The van der Waals surface area contributed by atoms with Crippen LogP contribution in [0.15, 0.2) is 18.2 Å². The lowest BCUT2D eigenvalue weighted by atomic mass is 10.0. The maximum atomic E-state index is 3.28. The third-order valence-corrected chi connectivity index (χ3v) is 4.09. The number of nitrogens with zero attached hydrogens (tertiary/aromatic N) is 2. The van der Waals surface area contributed by atoms with E-state index in [-0.39, 0.29) is 0 Å². The van der Waals surface area contributed by atoms with Crippen LogP contribution in [-0.4, -0.2) is 51.2 Å². The number of nitrogens with one attached hydrogen (secondary N) is 1. The van der Waals surface area contributed by atoms with E-state index in [9.17, 15) is 0 Å². The predicted molar refractivity (Wildman–Crippen MR) is 83.1 cm³/mol. The maximum absolute atomic E-state index is 3.28. The Kier molecular flexibility index (Phi) is 4.83. The van der Waals surface area contributed by atoms with Crippen LogP contribution in [0, 0.1) is 13.8 Å². The van der Waals surface area contributed by atoms with Gasteiger partial charge in [0.2, 0.25) is 0 Å². The van der Waals surface area contributed by atoms with Crippen molar-refractivity contribution in [3.8, 4) is 0 Å². The van der Waals surface area contributed by atoms with Crippen LogP contribution in [0.25, 0.3) is 0 Å². The van der Waals surface area contributed by atoms with Gasteiger partial charge in [0.05, 0.1) is 0 Å². The van der Waals surface area contributed by atoms with E-state index in [1.807, 2.05) is 7.05 Å². The molecule has 0 amide bonds. The van der Waals surface area contributed by atoms with Crippen LogP contribution in [0.3, 0.4) is 0 Å². The Hall–Kier alpha value is -1.06. The van der Waals surface area contributed by atoms with E-state index in [0.29, 0.717) is 6.04 Å². The molecule has 0 radical (unpaired) electrons. The van der Waals surface area contributed by atoms with E-state index in [1.54, 1.807) is 0 Å². The molecule has 1 aromatic rings. The van der Waals surface area contributed by atoms with Crippen molar-refractivity contribution in [3.05, 3.63) is 29.3 Å². The van der Waals surface area contributed by atoms with Crippen molar-refractivity contribution in [2.24, 2.45) is 0 Å². The number of hydrogen-bond acceptors (Lipinski definition) is 3. The molecule has 19 heavy (non-hydrogen) atoms. The smallest absolute Gasteiger partial charge is 0.0429 e. The molecule has 1 aliphatic heterocycles. The van der Waals surface area contributed by atoms with Crippen LogP contribution in [0.1, 0.15) is 17.5 Å². The molecule has 3 heteroatoms. The van der Waals surface area contributed by atoms with E-state index in [4.69, 9.17) is 0 Å². The Morgan fingerprint density at radius 2 is 2.05 bits per heavy atom. The minimum absolute atomic E-state index is 0.617. The largest absolute Gasteiger partial charge is 0.366 e. The van der Waals surface area contributed by atoms with Gasteiger partial charge in [-0.1, -0.05) is 12.1 Å². The number of hydrogen-bond donors (Lipinski definition) is 1. The molecular formula is C16H27N3. The number of rotatable bonds is 4. The zero-order chi connectivity index (χ0) is 13.8. The van der Waals surface area contributed by atoms with E-state index in [1.165, 1.54) is 23.2 Å². The summed E-state index contributed by atoms with van der Waals surface area (Å²) in [6.45, 7) is 8.94. The predicted octanol–water partition coefficient (Wildman–Crippen LogP) is 2.03. The molecule has 1 atom stereocenters. The SMILES string of the molecule is CNCCC1CN(C)CCN1c1cc(C)ccc1C. The number of piperazine rings is 1. The van der Waals surface area contributed by atoms with E-state index in [2.05, 4.69) is 54.2 Å². The highest BCUT2D eigenvalue weighted by atomic mass is 15.3. The van der Waals surface area contributed by atoms with Crippen LogP contribution in [0.5, 0.6) is 0 Å². The lowest BCUT2D eigenvalue weighted by Gasteiger charge is -2.42. The zero-order valence-electron chi connectivity index (χ0n) is 12.7. The van der Waals surface area contributed by atoms with Crippen LogP contribution in [0.2, 0.25) is 0 Å². The molecule has 0 aliphatic carbocycles. The van der Waals surface area contributed by atoms with Gasteiger partial charge < -0.3 is 15.1 Å². The Morgan fingerprint density at radius 3 is 2.79 bits per heavy atom. The molecule has 106 valence electrons. The molecule has 0 bridgehead atoms. The van der Waals surface area contributed by atoms with Crippen molar-refractivity contribution in [3.63, 3.8) is 0 Å². The molecule has 1 unspecified atom stereocenters. The molecule has 1 fully saturated rings. The molecule has 1 saturated heterocycles. The van der Waals surface area contributed by atoms with Crippen LogP contribution < -0.4 is 10.2 Å². The van der Waals surface area contributed by atoms with Crippen LogP contribution in [0.4, 0.5) is 5.69 Å². The number of likely N-dealkylation sites (N-methyl/N-ethyl adjacent to an activating group) is 1. The fourth-order valence-electron chi connectivity index (χ4n) is 2.91. The molecule has 3 nitrogen and oxygen atoms in total. The second-order valence-electron chi connectivity index (χ2n) is 5.79. The Morgan fingerprint density at radius 1 is 1.26 bits per heavy atom. The molecule has 1 heterocycles. The Balaban J connectivity index is 2.21. The first-order valence-corrected chi connectivity index (χ1v) is 7.29. The summed E-state index contributed by atoms with van der Waals surface area (Å²) < 4.78 is 0. The summed E-state index contributed by atoms with van der Waals surface area (Å²) in [6.07, 6.45) is 1.20. The number of benzene rings is 1. The summed E-state index contributed by atoms with van der Waals surface area (Å²) >= 11 is 0. The van der Waals surface area contributed by atoms with Crippen molar-refractivity contribution in [1.82, 2.24) is 10.2 Å². The highest BCUT2D eigenvalue weighted by Crippen LogP contribution is 2.26. The fourth-order valence-corrected chi connectivity index (χ4v) is 2.91. The van der Waals surface area contributed by atoms with Crippen molar-refractivity contribution in [2.45, 2.75) is 26.3 Å². The lowest BCUT2D eigenvalue weighted by Crippen LogP contribution is -2.53. The Bertz CT molecular complexity index is 416. The first-order valence-electron chi connectivity index (χ1n) is 7.29. The standard InChI is InChI=1S/C16H27N3/c1-13-5-6-14(2)16(11-13)19-10-9-18(4)12-15(19)7-8-17-3/h5-6,11,15,17H,7-10,12H2,1-4H3. The summed E-state index contributed by atoms with van der Waals surface area (Å²) in [5.74, 6) is 0. The highest BCUT2D eigenvalue weighted by molar-refractivity contribution is 5.56. The summed E-state index contributed by atoms with van der Waals surface area (Å²) in [7, 11) is 4.27. The monoisotopic (exact) mass is 261 g/mol. The van der Waals surface area contributed by atoms with E-state index >= 15 is 0 Å². The summed E-state index contributed by atoms with van der Waals surface area (Å²) in [5, 5.41) is 3.28.